The molecular formula is C14H17ClO5S. The van der Waals surface area contributed by atoms with Crippen molar-refractivity contribution in [1.29, 1.82) is 0 Å². The number of benzene rings is 1. The molecule has 2 N–H and O–H groups in total. The smallest absolute Gasteiger partial charge is 0.322 e. The van der Waals surface area contributed by atoms with Gasteiger partial charge in [0, 0.05) is 11.9 Å². The number of aliphatic hydroxyl groups excluding tert-OH is 1. The van der Waals surface area contributed by atoms with Crippen molar-refractivity contribution in [2.45, 2.75) is 28.6 Å². The number of methoxy groups -OCH3 is 1. The molecule has 0 saturated carbocycles. The van der Waals surface area contributed by atoms with Gasteiger partial charge in [0.15, 0.2) is 0 Å². The molecule has 1 aromatic rings. The number of aliphatic hydroxyl groups is 1. The van der Waals surface area contributed by atoms with Crippen LogP contribution in [0, 0.1) is 0 Å². The molecule has 1 aliphatic heterocycles. The Bertz CT molecular complexity index is 524. The molecule has 116 valence electrons. The van der Waals surface area contributed by atoms with Gasteiger partial charge in [-0.2, -0.15) is 0 Å². The molecule has 2 rings (SSSR count). The van der Waals surface area contributed by atoms with Crippen molar-refractivity contribution < 1.29 is 24.5 Å². The number of carbonyl (C=O) groups is 1. The Morgan fingerprint density at radius 2 is 2.38 bits per heavy atom. The van der Waals surface area contributed by atoms with Crippen molar-refractivity contribution in [3.63, 3.8) is 0 Å². The van der Waals surface area contributed by atoms with E-state index in [0.29, 0.717) is 28.7 Å². The van der Waals surface area contributed by atoms with E-state index in [1.807, 2.05) is 0 Å². The Morgan fingerprint density at radius 1 is 1.62 bits per heavy atom. The van der Waals surface area contributed by atoms with Gasteiger partial charge in [0.25, 0.3) is 0 Å². The molecule has 0 amide bonds. The Hall–Kier alpha value is -1.11. The van der Waals surface area contributed by atoms with Gasteiger partial charge < -0.3 is 19.7 Å². The lowest BCUT2D eigenvalue weighted by Gasteiger charge is -2.30. The van der Waals surface area contributed by atoms with E-state index >= 15 is 0 Å². The maximum atomic E-state index is 11.8. The summed E-state index contributed by atoms with van der Waals surface area (Å²) in [5.41, 5.74) is 0. The number of rotatable bonds is 5. The van der Waals surface area contributed by atoms with Crippen LogP contribution in [0.2, 0.25) is 0 Å². The number of fused-ring (bicyclic) bond motifs is 1. The zero-order chi connectivity index (χ0) is 15.5. The Labute approximate surface area is 132 Å². The minimum Gasteiger partial charge on any atom is -0.497 e. The molecule has 1 aliphatic rings. The van der Waals surface area contributed by atoms with Crippen LogP contribution in [0.25, 0.3) is 0 Å². The maximum Gasteiger partial charge on any atom is 0.322 e. The zero-order valence-electron chi connectivity index (χ0n) is 11.5. The van der Waals surface area contributed by atoms with Crippen LogP contribution in [0.5, 0.6) is 11.5 Å². The number of hydrogen-bond acceptors (Lipinski definition) is 5. The fourth-order valence-corrected chi connectivity index (χ4v) is 3.64. The summed E-state index contributed by atoms with van der Waals surface area (Å²) < 4.78 is 9.32. The van der Waals surface area contributed by atoms with E-state index in [9.17, 15) is 15.0 Å². The van der Waals surface area contributed by atoms with E-state index in [1.54, 1.807) is 25.3 Å². The zero-order valence-corrected chi connectivity index (χ0v) is 13.1. The average Bonchev–Trinajstić information content (AvgIpc) is 2.62. The molecule has 0 bridgehead atoms. The summed E-state index contributed by atoms with van der Waals surface area (Å²) in [6.07, 6.45) is -0.350. The van der Waals surface area contributed by atoms with E-state index < -0.39 is 16.8 Å². The highest BCUT2D eigenvalue weighted by atomic mass is 35.5. The third-order valence-corrected chi connectivity index (χ3v) is 5.26. The number of ether oxygens (including phenoxy) is 2. The molecule has 0 fully saturated rings. The molecule has 7 heteroatoms. The van der Waals surface area contributed by atoms with Crippen molar-refractivity contribution in [2.75, 3.05) is 19.6 Å². The second-order valence-corrected chi connectivity index (χ2v) is 6.48. The van der Waals surface area contributed by atoms with Gasteiger partial charge in [0.05, 0.1) is 12.0 Å². The van der Waals surface area contributed by atoms with Crippen molar-refractivity contribution in [2.24, 2.45) is 0 Å². The lowest BCUT2D eigenvalue weighted by atomic mass is 9.96. The number of carboxylic acid groups (broad SMARTS) is 1. The SMILES string of the molecule is COc1ccc2c(c1)OC[C@H](O)[C@@](CCCCl)(C(=O)O)S2. The normalized spacial score (nSPS) is 24.6. The average molecular weight is 333 g/mol. The van der Waals surface area contributed by atoms with E-state index in [0.717, 1.165) is 11.8 Å². The van der Waals surface area contributed by atoms with Gasteiger partial charge >= 0.3 is 5.97 Å². The first-order valence-electron chi connectivity index (χ1n) is 6.51. The first-order chi connectivity index (χ1) is 10.0. The van der Waals surface area contributed by atoms with Crippen molar-refractivity contribution >= 4 is 29.3 Å². The van der Waals surface area contributed by atoms with Gasteiger partial charge in [-0.05, 0) is 25.0 Å². The van der Waals surface area contributed by atoms with Gasteiger partial charge in [0.2, 0.25) is 0 Å². The topological polar surface area (TPSA) is 76.0 Å². The van der Waals surface area contributed by atoms with E-state index in [4.69, 9.17) is 21.1 Å². The van der Waals surface area contributed by atoms with E-state index in [1.165, 1.54) is 0 Å². The van der Waals surface area contributed by atoms with Crippen LogP contribution in [-0.2, 0) is 4.79 Å². The van der Waals surface area contributed by atoms with Gasteiger partial charge in [-0.25, -0.2) is 0 Å². The van der Waals surface area contributed by atoms with Crippen LogP contribution >= 0.6 is 23.4 Å². The molecule has 0 aromatic heterocycles. The second-order valence-electron chi connectivity index (χ2n) is 4.73. The molecule has 0 radical (unpaired) electrons. The minimum atomic E-state index is -1.35. The summed E-state index contributed by atoms with van der Waals surface area (Å²) in [6, 6.07) is 5.17. The highest BCUT2D eigenvalue weighted by molar-refractivity contribution is 8.01. The van der Waals surface area contributed by atoms with Crippen LogP contribution in [-0.4, -0.2) is 46.6 Å². The van der Waals surface area contributed by atoms with Gasteiger partial charge in [-0.15, -0.1) is 23.4 Å². The number of carboxylic acids is 1. The minimum absolute atomic E-state index is 0.0816. The highest BCUT2D eigenvalue weighted by Crippen LogP contribution is 2.47. The molecule has 2 atom stereocenters. The number of aliphatic carboxylic acids is 1. The highest BCUT2D eigenvalue weighted by Gasteiger charge is 2.48. The summed E-state index contributed by atoms with van der Waals surface area (Å²) in [5, 5.41) is 19.9. The third-order valence-electron chi connectivity index (χ3n) is 3.42. The van der Waals surface area contributed by atoms with E-state index in [2.05, 4.69) is 0 Å². The lowest BCUT2D eigenvalue weighted by Crippen LogP contribution is -2.48. The summed E-state index contributed by atoms with van der Waals surface area (Å²) in [7, 11) is 1.54. The molecule has 5 nitrogen and oxygen atoms in total. The molecule has 1 aromatic carbocycles. The first-order valence-corrected chi connectivity index (χ1v) is 7.86. The Kier molecular flexibility index (Phi) is 5.24. The summed E-state index contributed by atoms with van der Waals surface area (Å²) in [4.78, 5) is 12.4. The fourth-order valence-electron chi connectivity index (χ4n) is 2.22. The van der Waals surface area contributed by atoms with Gasteiger partial charge in [0.1, 0.15) is 29.0 Å². The number of alkyl halides is 1. The third kappa shape index (κ3) is 3.22. The van der Waals surface area contributed by atoms with Crippen molar-refractivity contribution in [3.8, 4) is 11.5 Å². The second kappa shape index (κ2) is 6.77. The van der Waals surface area contributed by atoms with Crippen LogP contribution < -0.4 is 9.47 Å². The molecule has 0 saturated heterocycles. The summed E-state index contributed by atoms with van der Waals surface area (Å²) in [6.45, 7) is -0.0816. The first kappa shape index (κ1) is 16.3. The molecule has 0 aliphatic carbocycles. The van der Waals surface area contributed by atoms with Crippen LogP contribution in [0.4, 0.5) is 0 Å². The quantitative estimate of drug-likeness (QED) is 0.806. The van der Waals surface area contributed by atoms with Crippen molar-refractivity contribution in [3.05, 3.63) is 18.2 Å². The fraction of sp³-hybridized carbons (Fsp3) is 0.500. The van der Waals surface area contributed by atoms with Gasteiger partial charge in [-0.3, -0.25) is 4.79 Å². The predicted molar refractivity (Wildman–Crippen MR) is 80.7 cm³/mol. The lowest BCUT2D eigenvalue weighted by molar-refractivity contribution is -0.144. The molecule has 0 spiro atoms. The standard InChI is InChI=1S/C14H17ClO5S/c1-19-9-3-4-11-10(7-9)20-8-12(16)14(21-11,13(17)18)5-2-6-15/h3-4,7,12,16H,2,5-6,8H2,1H3,(H,17,18)/t12-,14-/m0/s1. The molecular weight excluding hydrogens is 316 g/mol. The maximum absolute atomic E-state index is 11.8. The number of halogens is 1. The largest absolute Gasteiger partial charge is 0.497 e. The van der Waals surface area contributed by atoms with Crippen LogP contribution in [0.1, 0.15) is 12.8 Å². The predicted octanol–water partition coefficient (Wildman–Crippen LogP) is 2.38. The van der Waals surface area contributed by atoms with Crippen LogP contribution in [0.15, 0.2) is 23.1 Å². The molecule has 1 heterocycles. The Balaban J connectivity index is 2.39. The van der Waals surface area contributed by atoms with Crippen LogP contribution in [0.3, 0.4) is 0 Å². The molecule has 0 unspecified atom stereocenters. The van der Waals surface area contributed by atoms with E-state index in [-0.39, 0.29) is 13.0 Å². The summed E-state index contributed by atoms with van der Waals surface area (Å²) >= 11 is 6.80. The number of thioether (sulfide) groups is 1. The monoisotopic (exact) mass is 332 g/mol. The summed E-state index contributed by atoms with van der Waals surface area (Å²) in [5.74, 6) is 0.427. The van der Waals surface area contributed by atoms with Gasteiger partial charge in [-0.1, -0.05) is 0 Å². The molecule has 21 heavy (non-hydrogen) atoms. The Morgan fingerprint density at radius 3 is 3.00 bits per heavy atom. The number of hydrogen-bond donors (Lipinski definition) is 2. The van der Waals surface area contributed by atoms with Crippen molar-refractivity contribution in [1.82, 2.24) is 0 Å².